The first kappa shape index (κ1) is 20.5. The maximum atomic E-state index is 12.9. The predicted octanol–water partition coefficient (Wildman–Crippen LogP) is 3.93. The molecule has 150 valence electrons. The van der Waals surface area contributed by atoms with Crippen LogP contribution in [0.25, 0.3) is 0 Å². The summed E-state index contributed by atoms with van der Waals surface area (Å²) in [7, 11) is 0. The van der Waals surface area contributed by atoms with Crippen molar-refractivity contribution in [1.82, 2.24) is 4.90 Å². The van der Waals surface area contributed by atoms with Gasteiger partial charge in [-0.15, -0.1) is 0 Å². The van der Waals surface area contributed by atoms with Gasteiger partial charge in [0.25, 0.3) is 0 Å². The van der Waals surface area contributed by atoms with Crippen molar-refractivity contribution in [3.05, 3.63) is 41.1 Å². The van der Waals surface area contributed by atoms with Gasteiger partial charge in [0.2, 0.25) is 5.91 Å². The fourth-order valence-electron chi connectivity index (χ4n) is 3.21. The molecule has 1 amide bonds. The van der Waals surface area contributed by atoms with Crippen molar-refractivity contribution in [2.75, 3.05) is 19.0 Å². The number of fused-ring (bicyclic) bond motifs is 1. The zero-order chi connectivity index (χ0) is 20.3. The molecule has 0 spiro atoms. The van der Waals surface area contributed by atoms with Gasteiger partial charge in [0, 0.05) is 12.2 Å². The molecule has 2 aliphatic rings. The van der Waals surface area contributed by atoms with Crippen LogP contribution in [0, 0.1) is 5.92 Å². The smallest absolute Gasteiger partial charge is 0.338 e. The maximum Gasteiger partial charge on any atom is 0.338 e. The van der Waals surface area contributed by atoms with Crippen LogP contribution in [0.5, 0.6) is 5.75 Å². The van der Waals surface area contributed by atoms with Crippen molar-refractivity contribution in [3.63, 3.8) is 0 Å². The van der Waals surface area contributed by atoms with Gasteiger partial charge in [-0.05, 0) is 37.5 Å². The summed E-state index contributed by atoms with van der Waals surface area (Å²) in [4.78, 5) is 31.9. The Hall–Kier alpha value is -2.28. The average Bonchev–Trinajstić information content (AvgIpc) is 2.66. The van der Waals surface area contributed by atoms with Crippen molar-refractivity contribution in [2.45, 2.75) is 40.2 Å². The van der Waals surface area contributed by atoms with E-state index in [0.717, 1.165) is 11.3 Å². The third-order valence-electron chi connectivity index (χ3n) is 4.48. The lowest BCUT2D eigenvalue weighted by Crippen LogP contribution is -2.45. The minimum absolute atomic E-state index is 0.0296. The summed E-state index contributed by atoms with van der Waals surface area (Å²) in [5.74, 6) is 1.22. The molecule has 0 saturated carbocycles. The molecule has 0 unspecified atom stereocenters. The van der Waals surface area contributed by atoms with E-state index >= 15 is 0 Å². The number of benzene rings is 1. The highest BCUT2D eigenvalue weighted by atomic mass is 32.2. The molecular formula is C21H26N2O4S. The number of allylic oxidation sites excluding steroid dienone is 1. The first-order chi connectivity index (χ1) is 13.4. The summed E-state index contributed by atoms with van der Waals surface area (Å²) in [6.45, 7) is 8.60. The highest BCUT2D eigenvalue weighted by Crippen LogP contribution is 2.40. The summed E-state index contributed by atoms with van der Waals surface area (Å²) in [5, 5.41) is 0.646. The Morgan fingerprint density at radius 3 is 2.68 bits per heavy atom. The summed E-state index contributed by atoms with van der Waals surface area (Å²) in [5.41, 5.74) is 1.85. The predicted molar refractivity (Wildman–Crippen MR) is 110 cm³/mol. The average molecular weight is 403 g/mol. The minimum Gasteiger partial charge on any atom is -0.494 e. The molecule has 1 aromatic carbocycles. The Bertz CT molecular complexity index is 814. The van der Waals surface area contributed by atoms with E-state index in [1.807, 2.05) is 45.0 Å². The van der Waals surface area contributed by atoms with E-state index in [9.17, 15) is 9.59 Å². The fourth-order valence-corrected chi connectivity index (χ4v) is 4.21. The van der Waals surface area contributed by atoms with Crippen molar-refractivity contribution in [1.29, 1.82) is 0 Å². The number of carbonyl (C=O) groups excluding carboxylic acids is 2. The summed E-state index contributed by atoms with van der Waals surface area (Å²) in [6.07, 6.45) is 0.421. The SMILES string of the molecule is CCOc1ccc([C@@H]2C(C(=O)OCC(C)C)=C(C)N=C3SCCC(=O)N32)cc1. The van der Waals surface area contributed by atoms with Crippen LogP contribution in [0.15, 0.2) is 40.5 Å². The number of hydrogen-bond donors (Lipinski definition) is 0. The van der Waals surface area contributed by atoms with Crippen LogP contribution in [-0.4, -0.2) is 40.9 Å². The normalized spacial score (nSPS) is 19.5. The Morgan fingerprint density at radius 2 is 2.04 bits per heavy atom. The second-order valence-corrected chi connectivity index (χ2v) is 8.21. The van der Waals surface area contributed by atoms with E-state index < -0.39 is 12.0 Å². The molecule has 6 nitrogen and oxygen atoms in total. The molecule has 1 aromatic rings. The third-order valence-corrected chi connectivity index (χ3v) is 5.44. The Kier molecular flexibility index (Phi) is 6.44. The lowest BCUT2D eigenvalue weighted by molar-refractivity contribution is -0.141. The number of ether oxygens (including phenoxy) is 2. The molecular weight excluding hydrogens is 376 g/mol. The molecule has 2 heterocycles. The number of aliphatic imine (C=N–C) groups is 1. The van der Waals surface area contributed by atoms with Crippen molar-refractivity contribution < 1.29 is 19.1 Å². The molecule has 1 saturated heterocycles. The fraction of sp³-hybridized carbons (Fsp3) is 0.476. The van der Waals surface area contributed by atoms with Gasteiger partial charge in [0.1, 0.15) is 5.75 Å². The summed E-state index contributed by atoms with van der Waals surface area (Å²) >= 11 is 1.54. The molecule has 0 bridgehead atoms. The van der Waals surface area contributed by atoms with E-state index in [2.05, 4.69) is 4.99 Å². The van der Waals surface area contributed by atoms with E-state index in [1.165, 1.54) is 0 Å². The van der Waals surface area contributed by atoms with Gasteiger partial charge >= 0.3 is 5.97 Å². The molecule has 0 aromatic heterocycles. The molecule has 7 heteroatoms. The Morgan fingerprint density at radius 1 is 1.32 bits per heavy atom. The highest BCUT2D eigenvalue weighted by Gasteiger charge is 2.41. The molecule has 2 aliphatic heterocycles. The van der Waals surface area contributed by atoms with E-state index in [1.54, 1.807) is 23.6 Å². The standard InChI is InChI=1S/C21H26N2O4S/c1-5-26-16-8-6-15(7-9-16)19-18(20(25)27-12-13(2)3)14(4)22-21-23(19)17(24)10-11-28-21/h6-9,13,19H,5,10-12H2,1-4H3/t19-/m1/s1. The Balaban J connectivity index is 2.03. The number of hydrogen-bond acceptors (Lipinski definition) is 6. The third kappa shape index (κ3) is 4.24. The number of amides is 1. The number of carbonyl (C=O) groups is 2. The van der Waals surface area contributed by atoms with Gasteiger partial charge in [-0.3, -0.25) is 9.69 Å². The summed E-state index contributed by atoms with van der Waals surface area (Å²) < 4.78 is 11.0. The van der Waals surface area contributed by atoms with Crippen LogP contribution in [0.1, 0.15) is 45.7 Å². The number of thioether (sulfide) groups is 1. The zero-order valence-corrected chi connectivity index (χ0v) is 17.5. The molecule has 0 aliphatic carbocycles. The molecule has 3 rings (SSSR count). The molecule has 0 N–H and O–H groups in total. The largest absolute Gasteiger partial charge is 0.494 e. The second kappa shape index (κ2) is 8.82. The van der Waals surface area contributed by atoms with Crippen LogP contribution >= 0.6 is 11.8 Å². The molecule has 0 radical (unpaired) electrons. The van der Waals surface area contributed by atoms with Crippen LogP contribution in [0.2, 0.25) is 0 Å². The van der Waals surface area contributed by atoms with Crippen molar-refractivity contribution in [3.8, 4) is 5.75 Å². The van der Waals surface area contributed by atoms with Crippen LogP contribution in [0.3, 0.4) is 0 Å². The number of amidine groups is 1. The second-order valence-electron chi connectivity index (χ2n) is 7.15. The number of esters is 1. The van der Waals surface area contributed by atoms with Gasteiger partial charge in [-0.2, -0.15) is 0 Å². The molecule has 28 heavy (non-hydrogen) atoms. The number of nitrogens with zero attached hydrogens (tertiary/aromatic N) is 2. The van der Waals surface area contributed by atoms with Crippen molar-refractivity contribution >= 4 is 28.8 Å². The lowest BCUT2D eigenvalue weighted by atomic mass is 9.94. The first-order valence-corrected chi connectivity index (χ1v) is 10.5. The van der Waals surface area contributed by atoms with Crippen LogP contribution < -0.4 is 4.74 Å². The van der Waals surface area contributed by atoms with E-state index in [-0.39, 0.29) is 11.8 Å². The van der Waals surface area contributed by atoms with Gasteiger partial charge < -0.3 is 9.47 Å². The topological polar surface area (TPSA) is 68.2 Å². The molecule has 1 atom stereocenters. The quantitative estimate of drug-likeness (QED) is 0.674. The maximum absolute atomic E-state index is 12.9. The molecule has 1 fully saturated rings. The van der Waals surface area contributed by atoms with Gasteiger partial charge in [-0.1, -0.05) is 37.7 Å². The zero-order valence-electron chi connectivity index (χ0n) is 16.7. The van der Waals surface area contributed by atoms with E-state index in [4.69, 9.17) is 9.47 Å². The number of rotatable bonds is 6. The monoisotopic (exact) mass is 402 g/mol. The van der Waals surface area contributed by atoms with Crippen LogP contribution in [0.4, 0.5) is 0 Å². The minimum atomic E-state index is -0.539. The first-order valence-electron chi connectivity index (χ1n) is 9.56. The van der Waals surface area contributed by atoms with Crippen molar-refractivity contribution in [2.24, 2.45) is 10.9 Å². The summed E-state index contributed by atoms with van der Waals surface area (Å²) in [6, 6.07) is 6.97. The van der Waals surface area contributed by atoms with Crippen LogP contribution in [-0.2, 0) is 14.3 Å². The Labute approximate surface area is 170 Å². The van der Waals surface area contributed by atoms with E-state index in [0.29, 0.717) is 41.8 Å². The lowest BCUT2D eigenvalue weighted by Gasteiger charge is -2.39. The highest BCUT2D eigenvalue weighted by molar-refractivity contribution is 8.14. The van der Waals surface area contributed by atoms with Gasteiger partial charge in [0.05, 0.1) is 30.5 Å². The van der Waals surface area contributed by atoms with Gasteiger partial charge in [0.15, 0.2) is 5.17 Å². The van der Waals surface area contributed by atoms with Gasteiger partial charge in [-0.25, -0.2) is 9.79 Å².